The zero-order valence-electron chi connectivity index (χ0n) is 12.4. The molecule has 0 aliphatic carbocycles. The van der Waals surface area contributed by atoms with E-state index in [-0.39, 0.29) is 10.9 Å². The van der Waals surface area contributed by atoms with Crippen LogP contribution in [0.2, 0.25) is 15.1 Å². The molecular formula is C16H14Cl3NO3. The van der Waals surface area contributed by atoms with Crippen molar-refractivity contribution in [1.29, 1.82) is 0 Å². The van der Waals surface area contributed by atoms with Crippen LogP contribution in [0.1, 0.15) is 6.92 Å². The van der Waals surface area contributed by atoms with Gasteiger partial charge in [0.05, 0.1) is 27.9 Å². The quantitative estimate of drug-likeness (QED) is 0.744. The fraction of sp³-hybridized carbons (Fsp3) is 0.188. The molecule has 23 heavy (non-hydrogen) atoms. The third kappa shape index (κ3) is 4.44. The van der Waals surface area contributed by atoms with E-state index in [9.17, 15) is 4.79 Å². The molecule has 1 N–H and O–H groups in total. The topological polar surface area (TPSA) is 47.6 Å². The van der Waals surface area contributed by atoms with Crippen molar-refractivity contribution in [2.45, 2.75) is 13.0 Å². The Morgan fingerprint density at radius 3 is 2.30 bits per heavy atom. The van der Waals surface area contributed by atoms with Crippen LogP contribution in [-0.2, 0) is 4.79 Å². The number of carbonyl (C=O) groups excluding carboxylic acids is 1. The molecule has 2 aromatic rings. The first kappa shape index (κ1) is 17.7. The number of para-hydroxylation sites is 2. The van der Waals surface area contributed by atoms with E-state index in [0.717, 1.165) is 0 Å². The zero-order valence-corrected chi connectivity index (χ0v) is 14.7. The highest BCUT2D eigenvalue weighted by atomic mass is 35.5. The lowest BCUT2D eigenvalue weighted by Crippen LogP contribution is -2.30. The summed E-state index contributed by atoms with van der Waals surface area (Å²) >= 11 is 17.8. The highest BCUT2D eigenvalue weighted by Gasteiger charge is 2.18. The molecule has 0 saturated heterocycles. The lowest BCUT2D eigenvalue weighted by molar-refractivity contribution is -0.122. The van der Waals surface area contributed by atoms with Crippen molar-refractivity contribution in [2.75, 3.05) is 12.4 Å². The van der Waals surface area contributed by atoms with Crippen LogP contribution in [0.3, 0.4) is 0 Å². The van der Waals surface area contributed by atoms with Gasteiger partial charge in [-0.25, -0.2) is 0 Å². The van der Waals surface area contributed by atoms with E-state index in [1.54, 1.807) is 25.1 Å². The van der Waals surface area contributed by atoms with Crippen molar-refractivity contribution < 1.29 is 14.3 Å². The second kappa shape index (κ2) is 7.77. The van der Waals surface area contributed by atoms with E-state index in [0.29, 0.717) is 27.2 Å². The van der Waals surface area contributed by atoms with E-state index < -0.39 is 6.10 Å². The van der Waals surface area contributed by atoms with E-state index in [1.807, 2.05) is 6.07 Å². The number of hydrogen-bond donors (Lipinski definition) is 1. The first-order valence-electron chi connectivity index (χ1n) is 6.67. The van der Waals surface area contributed by atoms with Gasteiger partial charge < -0.3 is 14.8 Å². The van der Waals surface area contributed by atoms with Crippen molar-refractivity contribution in [3.63, 3.8) is 0 Å². The van der Waals surface area contributed by atoms with Crippen LogP contribution in [0.15, 0.2) is 36.4 Å². The number of benzene rings is 2. The van der Waals surface area contributed by atoms with Gasteiger partial charge in [-0.2, -0.15) is 0 Å². The van der Waals surface area contributed by atoms with Gasteiger partial charge in [-0.05, 0) is 31.2 Å². The van der Waals surface area contributed by atoms with Crippen molar-refractivity contribution >= 4 is 46.4 Å². The molecule has 2 rings (SSSR count). The van der Waals surface area contributed by atoms with Gasteiger partial charge in [0.2, 0.25) is 0 Å². The van der Waals surface area contributed by atoms with E-state index in [1.165, 1.54) is 19.2 Å². The molecule has 0 fully saturated rings. The number of hydrogen-bond acceptors (Lipinski definition) is 3. The maximum atomic E-state index is 12.3. The second-order valence-corrected chi connectivity index (χ2v) is 5.87. The molecular weight excluding hydrogens is 361 g/mol. The number of nitrogens with one attached hydrogen (secondary N) is 1. The molecule has 7 heteroatoms. The average Bonchev–Trinajstić information content (AvgIpc) is 2.53. The molecule has 0 aromatic heterocycles. The normalized spacial score (nSPS) is 11.7. The summed E-state index contributed by atoms with van der Waals surface area (Å²) in [4.78, 5) is 12.3. The molecule has 0 bridgehead atoms. The van der Waals surface area contributed by atoms with Crippen molar-refractivity contribution in [1.82, 2.24) is 0 Å². The van der Waals surface area contributed by atoms with Gasteiger partial charge in [0.1, 0.15) is 0 Å². The number of amides is 1. The summed E-state index contributed by atoms with van der Waals surface area (Å²) in [6.07, 6.45) is -0.767. The molecule has 1 atom stereocenters. The predicted molar refractivity (Wildman–Crippen MR) is 93.2 cm³/mol. The molecule has 1 amide bonds. The summed E-state index contributed by atoms with van der Waals surface area (Å²) in [5.74, 6) is 0.633. The highest BCUT2D eigenvalue weighted by Crippen LogP contribution is 2.32. The fourth-order valence-electron chi connectivity index (χ4n) is 1.81. The minimum Gasteiger partial charge on any atom is -0.493 e. The van der Waals surface area contributed by atoms with Crippen LogP contribution in [0.5, 0.6) is 11.5 Å². The molecule has 4 nitrogen and oxygen atoms in total. The van der Waals surface area contributed by atoms with E-state index in [2.05, 4.69) is 5.32 Å². The van der Waals surface area contributed by atoms with Gasteiger partial charge in [0, 0.05) is 0 Å². The summed E-state index contributed by atoms with van der Waals surface area (Å²) in [6.45, 7) is 1.62. The lowest BCUT2D eigenvalue weighted by atomic mass is 10.2. The monoisotopic (exact) mass is 373 g/mol. The van der Waals surface area contributed by atoms with Gasteiger partial charge in [-0.3, -0.25) is 4.79 Å². The molecule has 122 valence electrons. The smallest absolute Gasteiger partial charge is 0.265 e. The van der Waals surface area contributed by atoms with Crippen molar-refractivity contribution in [2.24, 2.45) is 0 Å². The van der Waals surface area contributed by atoms with Gasteiger partial charge >= 0.3 is 0 Å². The standard InChI is InChI=1S/C16H14Cl3NO3/c1-9(23-15-6-4-3-5-14(15)22-2)16(21)20-13-8-11(18)10(17)7-12(13)19/h3-9H,1-2H3,(H,20,21)/t9-/m0/s1. The molecule has 0 unspecified atom stereocenters. The number of carbonyl (C=O) groups is 1. The Morgan fingerprint density at radius 1 is 1.04 bits per heavy atom. The summed E-state index contributed by atoms with van der Waals surface area (Å²) in [5, 5.41) is 3.55. The Morgan fingerprint density at radius 2 is 1.65 bits per heavy atom. The van der Waals surface area contributed by atoms with Crippen LogP contribution in [0, 0.1) is 0 Å². The fourth-order valence-corrected chi connectivity index (χ4v) is 2.41. The Kier molecular flexibility index (Phi) is 5.99. The first-order valence-corrected chi connectivity index (χ1v) is 7.81. The Balaban J connectivity index is 2.10. The summed E-state index contributed by atoms with van der Waals surface area (Å²) in [5.41, 5.74) is 0.363. The Hall–Kier alpha value is -1.62. The maximum absolute atomic E-state index is 12.3. The van der Waals surface area contributed by atoms with Crippen molar-refractivity contribution in [3.8, 4) is 11.5 Å². The molecule has 0 heterocycles. The molecule has 0 spiro atoms. The number of rotatable bonds is 5. The highest BCUT2D eigenvalue weighted by molar-refractivity contribution is 6.44. The van der Waals surface area contributed by atoms with Gasteiger partial charge in [-0.1, -0.05) is 46.9 Å². The van der Waals surface area contributed by atoms with Gasteiger partial charge in [0.15, 0.2) is 17.6 Å². The van der Waals surface area contributed by atoms with Crippen LogP contribution in [-0.4, -0.2) is 19.1 Å². The summed E-state index contributed by atoms with van der Waals surface area (Å²) in [7, 11) is 1.53. The van der Waals surface area contributed by atoms with Crippen LogP contribution in [0.25, 0.3) is 0 Å². The average molecular weight is 375 g/mol. The lowest BCUT2D eigenvalue weighted by Gasteiger charge is -2.17. The number of methoxy groups -OCH3 is 1. The minimum absolute atomic E-state index is 0.289. The Bertz CT molecular complexity index is 722. The second-order valence-electron chi connectivity index (χ2n) is 4.65. The van der Waals surface area contributed by atoms with Crippen molar-refractivity contribution in [3.05, 3.63) is 51.5 Å². The molecule has 0 aliphatic rings. The predicted octanol–water partition coefficient (Wildman–Crippen LogP) is 5.06. The third-order valence-electron chi connectivity index (χ3n) is 3.01. The largest absolute Gasteiger partial charge is 0.493 e. The SMILES string of the molecule is COc1ccccc1O[C@@H](C)C(=O)Nc1cc(Cl)c(Cl)cc1Cl. The molecule has 0 radical (unpaired) electrons. The molecule has 0 aliphatic heterocycles. The Labute approximate surface area is 149 Å². The van der Waals surface area contributed by atoms with Gasteiger partial charge in [0.25, 0.3) is 5.91 Å². The molecule has 2 aromatic carbocycles. The third-order valence-corrected chi connectivity index (χ3v) is 4.04. The van der Waals surface area contributed by atoms with Gasteiger partial charge in [-0.15, -0.1) is 0 Å². The number of anilines is 1. The summed E-state index contributed by atoms with van der Waals surface area (Å²) < 4.78 is 10.8. The maximum Gasteiger partial charge on any atom is 0.265 e. The van der Waals surface area contributed by atoms with E-state index in [4.69, 9.17) is 44.3 Å². The minimum atomic E-state index is -0.767. The van der Waals surface area contributed by atoms with Crippen LogP contribution < -0.4 is 14.8 Å². The van der Waals surface area contributed by atoms with Crippen LogP contribution >= 0.6 is 34.8 Å². The van der Waals surface area contributed by atoms with E-state index >= 15 is 0 Å². The first-order chi connectivity index (χ1) is 10.9. The number of halogens is 3. The zero-order chi connectivity index (χ0) is 17.0. The van der Waals surface area contributed by atoms with Crippen LogP contribution in [0.4, 0.5) is 5.69 Å². The number of ether oxygens (including phenoxy) is 2. The molecule has 0 saturated carbocycles. The summed E-state index contributed by atoms with van der Waals surface area (Å²) in [6, 6.07) is 10.0.